The SMILES string of the molecule is CNC(=O)CN(C)C(=O)C[NH+](C)Cc1ccc(C(=O)NC)cc1. The second-order valence-corrected chi connectivity index (χ2v) is 5.51. The lowest BCUT2D eigenvalue weighted by atomic mass is 10.1. The summed E-state index contributed by atoms with van der Waals surface area (Å²) in [5, 5.41) is 5.06. The third kappa shape index (κ3) is 6.07. The standard InChI is InChI=1S/C16H24N4O3/c1-17-14(21)10-20(4)15(22)11-19(3)9-12-5-7-13(8-6-12)16(23)18-2/h5-8H,9-11H2,1-4H3,(H,17,21)(H,18,23)/p+1. The van der Waals surface area contributed by atoms with E-state index in [1.807, 2.05) is 19.2 Å². The van der Waals surface area contributed by atoms with Crippen LogP contribution in [0.4, 0.5) is 0 Å². The first-order chi connectivity index (χ1) is 10.9. The minimum absolute atomic E-state index is 0.0590. The zero-order chi connectivity index (χ0) is 17.4. The van der Waals surface area contributed by atoms with Gasteiger partial charge in [-0.05, 0) is 12.1 Å². The molecule has 0 aromatic heterocycles. The van der Waals surface area contributed by atoms with E-state index >= 15 is 0 Å². The second kappa shape index (κ2) is 8.89. The molecule has 0 saturated heterocycles. The predicted molar refractivity (Wildman–Crippen MR) is 87.0 cm³/mol. The van der Waals surface area contributed by atoms with Crippen LogP contribution in [0.15, 0.2) is 24.3 Å². The minimum atomic E-state index is -0.191. The number of carbonyl (C=O) groups is 3. The largest absolute Gasteiger partial charge is 0.358 e. The molecule has 3 N–H and O–H groups in total. The molecular formula is C16H25N4O3+. The van der Waals surface area contributed by atoms with Crippen LogP contribution in [0.25, 0.3) is 0 Å². The highest BCUT2D eigenvalue weighted by Crippen LogP contribution is 2.03. The molecule has 7 heteroatoms. The highest BCUT2D eigenvalue weighted by molar-refractivity contribution is 5.93. The van der Waals surface area contributed by atoms with Crippen molar-refractivity contribution >= 4 is 17.7 Å². The molecule has 1 rings (SSSR count). The Morgan fingerprint density at radius 2 is 1.70 bits per heavy atom. The van der Waals surface area contributed by atoms with Crippen LogP contribution in [0.2, 0.25) is 0 Å². The Labute approximate surface area is 136 Å². The molecule has 23 heavy (non-hydrogen) atoms. The van der Waals surface area contributed by atoms with Gasteiger partial charge in [-0.2, -0.15) is 0 Å². The van der Waals surface area contributed by atoms with Gasteiger partial charge in [0.1, 0.15) is 6.54 Å². The Morgan fingerprint density at radius 1 is 1.09 bits per heavy atom. The molecule has 1 atom stereocenters. The van der Waals surface area contributed by atoms with Crippen LogP contribution < -0.4 is 15.5 Å². The number of hydrogen-bond acceptors (Lipinski definition) is 3. The Balaban J connectivity index is 2.52. The van der Waals surface area contributed by atoms with Gasteiger partial charge in [0.2, 0.25) is 5.91 Å². The van der Waals surface area contributed by atoms with Crippen LogP contribution in [0, 0.1) is 0 Å². The van der Waals surface area contributed by atoms with Crippen LogP contribution in [0.3, 0.4) is 0 Å². The fraction of sp³-hybridized carbons (Fsp3) is 0.438. The smallest absolute Gasteiger partial charge is 0.277 e. The van der Waals surface area contributed by atoms with Crippen molar-refractivity contribution in [2.75, 3.05) is 41.3 Å². The molecule has 0 radical (unpaired) electrons. The lowest BCUT2D eigenvalue weighted by Gasteiger charge is -2.19. The average molecular weight is 321 g/mol. The summed E-state index contributed by atoms with van der Waals surface area (Å²) >= 11 is 0. The van der Waals surface area contributed by atoms with Gasteiger partial charge in [-0.15, -0.1) is 0 Å². The van der Waals surface area contributed by atoms with Gasteiger partial charge in [0.25, 0.3) is 11.8 Å². The highest BCUT2D eigenvalue weighted by Gasteiger charge is 2.17. The van der Waals surface area contributed by atoms with Crippen molar-refractivity contribution < 1.29 is 19.3 Å². The van der Waals surface area contributed by atoms with Crippen molar-refractivity contribution in [2.24, 2.45) is 0 Å². The first kappa shape index (κ1) is 18.6. The zero-order valence-electron chi connectivity index (χ0n) is 14.1. The first-order valence-corrected chi connectivity index (χ1v) is 7.44. The third-order valence-electron chi connectivity index (χ3n) is 3.49. The van der Waals surface area contributed by atoms with Crippen LogP contribution in [-0.4, -0.2) is 63.9 Å². The molecule has 0 bridgehead atoms. The maximum Gasteiger partial charge on any atom is 0.277 e. The van der Waals surface area contributed by atoms with Crippen LogP contribution in [-0.2, 0) is 16.1 Å². The van der Waals surface area contributed by atoms with E-state index in [0.717, 1.165) is 10.5 Å². The predicted octanol–water partition coefficient (Wildman–Crippen LogP) is -1.73. The Kier molecular flexibility index (Phi) is 7.21. The van der Waals surface area contributed by atoms with Gasteiger partial charge in [0.05, 0.1) is 13.6 Å². The van der Waals surface area contributed by atoms with Crippen LogP contribution in [0.1, 0.15) is 15.9 Å². The number of rotatable bonds is 7. The van der Waals surface area contributed by atoms with E-state index in [0.29, 0.717) is 18.7 Å². The summed E-state index contributed by atoms with van der Waals surface area (Å²) < 4.78 is 0. The molecule has 0 aliphatic rings. The maximum atomic E-state index is 12.0. The minimum Gasteiger partial charge on any atom is -0.358 e. The molecular weight excluding hydrogens is 296 g/mol. The summed E-state index contributed by atoms with van der Waals surface area (Å²) in [4.78, 5) is 37.2. The van der Waals surface area contributed by atoms with Crippen LogP contribution in [0.5, 0.6) is 0 Å². The molecule has 0 saturated carbocycles. The molecule has 0 aliphatic carbocycles. The maximum absolute atomic E-state index is 12.0. The summed E-state index contributed by atoms with van der Waals surface area (Å²) in [7, 11) is 6.66. The molecule has 1 unspecified atom stereocenters. The fourth-order valence-electron chi connectivity index (χ4n) is 2.11. The van der Waals surface area contributed by atoms with Crippen LogP contribution >= 0.6 is 0 Å². The Morgan fingerprint density at radius 3 is 2.22 bits per heavy atom. The van der Waals surface area contributed by atoms with E-state index < -0.39 is 0 Å². The van der Waals surface area contributed by atoms with E-state index in [9.17, 15) is 14.4 Å². The molecule has 0 fully saturated rings. The third-order valence-corrected chi connectivity index (χ3v) is 3.49. The average Bonchev–Trinajstić information content (AvgIpc) is 2.54. The molecule has 0 aliphatic heterocycles. The topological polar surface area (TPSA) is 83.0 Å². The number of hydrogen-bond donors (Lipinski definition) is 3. The molecule has 0 spiro atoms. The molecule has 7 nitrogen and oxygen atoms in total. The van der Waals surface area contributed by atoms with Crippen molar-refractivity contribution in [1.29, 1.82) is 0 Å². The lowest BCUT2D eigenvalue weighted by Crippen LogP contribution is -3.08. The van der Waals surface area contributed by atoms with E-state index in [-0.39, 0.29) is 24.3 Å². The number of nitrogens with one attached hydrogen (secondary N) is 3. The summed E-state index contributed by atoms with van der Waals surface area (Å²) in [5.74, 6) is -0.403. The van der Waals surface area contributed by atoms with Gasteiger partial charge in [-0.25, -0.2) is 0 Å². The number of likely N-dealkylation sites (N-methyl/N-ethyl adjacent to an activating group) is 3. The number of nitrogens with zero attached hydrogens (tertiary/aromatic N) is 1. The molecule has 3 amide bonds. The zero-order valence-corrected chi connectivity index (χ0v) is 14.1. The molecule has 1 aromatic carbocycles. The van der Waals surface area contributed by atoms with Gasteiger partial charge in [0.15, 0.2) is 6.54 Å². The van der Waals surface area contributed by atoms with E-state index in [1.165, 1.54) is 4.90 Å². The van der Waals surface area contributed by atoms with Gasteiger partial charge < -0.3 is 20.4 Å². The Bertz CT molecular complexity index is 557. The fourth-order valence-corrected chi connectivity index (χ4v) is 2.11. The molecule has 126 valence electrons. The van der Waals surface area contributed by atoms with Gasteiger partial charge in [0, 0.05) is 32.3 Å². The second-order valence-electron chi connectivity index (χ2n) is 5.51. The van der Waals surface area contributed by atoms with E-state index in [1.54, 1.807) is 33.3 Å². The number of amides is 3. The van der Waals surface area contributed by atoms with Gasteiger partial charge >= 0.3 is 0 Å². The van der Waals surface area contributed by atoms with Crippen molar-refractivity contribution in [3.8, 4) is 0 Å². The lowest BCUT2D eigenvalue weighted by molar-refractivity contribution is -0.885. The summed E-state index contributed by atoms with van der Waals surface area (Å²) in [5.41, 5.74) is 1.65. The number of benzene rings is 1. The van der Waals surface area contributed by atoms with E-state index in [4.69, 9.17) is 0 Å². The van der Waals surface area contributed by atoms with Gasteiger partial charge in [-0.3, -0.25) is 14.4 Å². The number of quaternary nitrogens is 1. The number of carbonyl (C=O) groups excluding carboxylic acids is 3. The van der Waals surface area contributed by atoms with Crippen molar-refractivity contribution in [2.45, 2.75) is 6.54 Å². The van der Waals surface area contributed by atoms with Gasteiger partial charge in [-0.1, -0.05) is 12.1 Å². The molecule has 1 aromatic rings. The quantitative estimate of drug-likeness (QED) is 0.558. The summed E-state index contributed by atoms with van der Waals surface area (Å²) in [6.45, 7) is 1.02. The highest BCUT2D eigenvalue weighted by atomic mass is 16.2. The molecule has 0 heterocycles. The van der Waals surface area contributed by atoms with Crippen molar-refractivity contribution in [3.63, 3.8) is 0 Å². The monoisotopic (exact) mass is 321 g/mol. The van der Waals surface area contributed by atoms with Crippen molar-refractivity contribution in [1.82, 2.24) is 15.5 Å². The van der Waals surface area contributed by atoms with Crippen molar-refractivity contribution in [3.05, 3.63) is 35.4 Å². The Hall–Kier alpha value is -2.41. The van der Waals surface area contributed by atoms with E-state index in [2.05, 4.69) is 10.6 Å². The summed E-state index contributed by atoms with van der Waals surface area (Å²) in [6.07, 6.45) is 0. The normalized spacial score (nSPS) is 11.5. The summed E-state index contributed by atoms with van der Waals surface area (Å²) in [6, 6.07) is 7.29. The first-order valence-electron chi connectivity index (χ1n) is 7.44.